The second-order valence-corrected chi connectivity index (χ2v) is 4.53. The van der Waals surface area contributed by atoms with Gasteiger partial charge >= 0.3 is 0 Å². The van der Waals surface area contributed by atoms with Gasteiger partial charge in [-0.05, 0) is 48.9 Å². The van der Waals surface area contributed by atoms with Crippen molar-refractivity contribution in [1.29, 1.82) is 0 Å². The molecule has 1 aliphatic rings. The molecule has 0 saturated heterocycles. The number of nitrogens with two attached hydrogens (primary N) is 1. The van der Waals surface area contributed by atoms with Crippen molar-refractivity contribution in [3.8, 4) is 0 Å². The van der Waals surface area contributed by atoms with Gasteiger partial charge in [0.15, 0.2) is 0 Å². The average molecular weight is 215 g/mol. The second-order valence-electron chi connectivity index (χ2n) is 4.53. The maximum Gasteiger partial charge on any atom is 0.134 e. The van der Waals surface area contributed by atoms with E-state index in [0.717, 1.165) is 17.8 Å². The Bertz CT molecular complexity index is 539. The molecule has 1 aromatic heterocycles. The van der Waals surface area contributed by atoms with Crippen molar-refractivity contribution in [2.24, 2.45) is 5.73 Å². The molecule has 1 aliphatic carbocycles. The van der Waals surface area contributed by atoms with Gasteiger partial charge in [-0.3, -0.25) is 0 Å². The minimum atomic E-state index is 0.502. The molecule has 0 unspecified atom stereocenters. The van der Waals surface area contributed by atoms with E-state index in [2.05, 4.69) is 19.1 Å². The summed E-state index contributed by atoms with van der Waals surface area (Å²) in [5, 5.41) is 1.28. The molecule has 2 aromatic rings. The van der Waals surface area contributed by atoms with E-state index >= 15 is 0 Å². The third kappa shape index (κ3) is 1.30. The van der Waals surface area contributed by atoms with Gasteiger partial charge in [-0.15, -0.1) is 0 Å². The van der Waals surface area contributed by atoms with Crippen molar-refractivity contribution in [2.45, 2.75) is 39.2 Å². The summed E-state index contributed by atoms with van der Waals surface area (Å²) >= 11 is 0. The highest BCUT2D eigenvalue weighted by atomic mass is 16.3. The predicted octanol–water partition coefficient (Wildman–Crippen LogP) is 2.94. The number of fused-ring (bicyclic) bond motifs is 2. The van der Waals surface area contributed by atoms with Gasteiger partial charge in [0, 0.05) is 10.9 Å². The Morgan fingerprint density at radius 1 is 1.25 bits per heavy atom. The Morgan fingerprint density at radius 2 is 2.00 bits per heavy atom. The van der Waals surface area contributed by atoms with Gasteiger partial charge in [0.1, 0.15) is 11.3 Å². The van der Waals surface area contributed by atoms with Gasteiger partial charge in [-0.25, -0.2) is 0 Å². The number of rotatable bonds is 2. The molecule has 0 aliphatic heterocycles. The summed E-state index contributed by atoms with van der Waals surface area (Å²) < 4.78 is 5.84. The summed E-state index contributed by atoms with van der Waals surface area (Å²) in [6.07, 6.45) is 4.70. The zero-order valence-electron chi connectivity index (χ0n) is 9.68. The normalized spacial score (nSPS) is 14.6. The quantitative estimate of drug-likeness (QED) is 0.836. The molecular weight excluding hydrogens is 198 g/mol. The lowest BCUT2D eigenvalue weighted by molar-refractivity contribution is 0.546. The smallest absolute Gasteiger partial charge is 0.134 e. The fraction of sp³-hybridized carbons (Fsp3) is 0.429. The van der Waals surface area contributed by atoms with E-state index in [1.807, 2.05) is 0 Å². The lowest BCUT2D eigenvalue weighted by Gasteiger charge is -1.99. The lowest BCUT2D eigenvalue weighted by Crippen LogP contribution is -1.97. The number of hydrogen-bond acceptors (Lipinski definition) is 2. The fourth-order valence-electron chi connectivity index (χ4n) is 2.82. The largest absolute Gasteiger partial charge is 0.459 e. The Morgan fingerprint density at radius 3 is 2.69 bits per heavy atom. The van der Waals surface area contributed by atoms with Crippen LogP contribution in [0, 0.1) is 0 Å². The van der Waals surface area contributed by atoms with Crippen molar-refractivity contribution in [3.63, 3.8) is 0 Å². The number of aryl methyl sites for hydroxylation is 3. The van der Waals surface area contributed by atoms with E-state index in [1.54, 1.807) is 0 Å². The fourth-order valence-corrected chi connectivity index (χ4v) is 2.82. The first-order chi connectivity index (χ1) is 7.83. The van der Waals surface area contributed by atoms with E-state index in [1.165, 1.54) is 41.3 Å². The van der Waals surface area contributed by atoms with Crippen molar-refractivity contribution in [1.82, 2.24) is 0 Å². The van der Waals surface area contributed by atoms with Crippen LogP contribution >= 0.6 is 0 Å². The van der Waals surface area contributed by atoms with Crippen LogP contribution in [0.25, 0.3) is 11.0 Å². The minimum absolute atomic E-state index is 0.502. The Kier molecular flexibility index (Phi) is 2.25. The molecule has 0 radical (unpaired) electrons. The van der Waals surface area contributed by atoms with Gasteiger partial charge in [-0.2, -0.15) is 0 Å². The molecule has 16 heavy (non-hydrogen) atoms. The second kappa shape index (κ2) is 3.63. The standard InChI is InChI=1S/C14H17NO/c1-2-11-12-6-9-4-3-5-10(9)7-13(12)16-14(11)8-15/h6-7H,2-5,8,15H2,1H3. The van der Waals surface area contributed by atoms with E-state index in [-0.39, 0.29) is 0 Å². The molecular formula is C14H17NO. The molecule has 1 heterocycles. The molecule has 2 heteroatoms. The molecule has 0 fully saturated rings. The van der Waals surface area contributed by atoms with E-state index < -0.39 is 0 Å². The maximum absolute atomic E-state index is 5.84. The van der Waals surface area contributed by atoms with Crippen LogP contribution in [0.3, 0.4) is 0 Å². The Hall–Kier alpha value is -1.28. The van der Waals surface area contributed by atoms with Crippen LogP contribution in [0.4, 0.5) is 0 Å². The van der Waals surface area contributed by atoms with Gasteiger partial charge in [-0.1, -0.05) is 6.92 Å². The molecule has 3 rings (SSSR count). The summed E-state index contributed by atoms with van der Waals surface area (Å²) in [6.45, 7) is 2.67. The van der Waals surface area contributed by atoms with Crippen LogP contribution in [-0.2, 0) is 25.8 Å². The SMILES string of the molecule is CCc1c(CN)oc2cc3c(cc12)CCC3. The van der Waals surface area contributed by atoms with Gasteiger partial charge in [0.05, 0.1) is 6.54 Å². The number of benzene rings is 1. The van der Waals surface area contributed by atoms with Crippen LogP contribution in [0.5, 0.6) is 0 Å². The maximum atomic E-state index is 5.84. The van der Waals surface area contributed by atoms with Crippen LogP contribution in [0.1, 0.15) is 35.8 Å². The monoisotopic (exact) mass is 215 g/mol. The number of hydrogen-bond donors (Lipinski definition) is 1. The first-order valence-electron chi connectivity index (χ1n) is 6.09. The Labute approximate surface area is 95.4 Å². The highest BCUT2D eigenvalue weighted by molar-refractivity contribution is 5.84. The third-order valence-corrected chi connectivity index (χ3v) is 3.63. The van der Waals surface area contributed by atoms with E-state index in [4.69, 9.17) is 10.2 Å². The van der Waals surface area contributed by atoms with E-state index in [0.29, 0.717) is 6.54 Å². The summed E-state index contributed by atoms with van der Waals surface area (Å²) in [6, 6.07) is 4.54. The molecule has 1 aromatic carbocycles. The van der Waals surface area contributed by atoms with Gasteiger partial charge in [0.25, 0.3) is 0 Å². The molecule has 0 atom stereocenters. The first kappa shape index (κ1) is 9.91. The van der Waals surface area contributed by atoms with Crippen LogP contribution in [0.15, 0.2) is 16.5 Å². The summed E-state index contributed by atoms with van der Waals surface area (Å²) in [5.74, 6) is 0.959. The highest BCUT2D eigenvalue weighted by Gasteiger charge is 2.17. The predicted molar refractivity (Wildman–Crippen MR) is 65.5 cm³/mol. The molecule has 0 saturated carbocycles. The molecule has 0 spiro atoms. The summed E-state index contributed by atoms with van der Waals surface area (Å²) in [7, 11) is 0. The third-order valence-electron chi connectivity index (χ3n) is 3.63. The zero-order valence-corrected chi connectivity index (χ0v) is 9.68. The van der Waals surface area contributed by atoms with E-state index in [9.17, 15) is 0 Å². The summed E-state index contributed by atoms with van der Waals surface area (Å²) in [5.41, 5.74) is 11.0. The van der Waals surface area contributed by atoms with Gasteiger partial charge in [0.2, 0.25) is 0 Å². The van der Waals surface area contributed by atoms with Crippen molar-refractivity contribution in [3.05, 3.63) is 34.6 Å². The van der Waals surface area contributed by atoms with Crippen molar-refractivity contribution in [2.75, 3.05) is 0 Å². The van der Waals surface area contributed by atoms with Crippen LogP contribution in [0.2, 0.25) is 0 Å². The molecule has 84 valence electrons. The van der Waals surface area contributed by atoms with Crippen molar-refractivity contribution >= 4 is 11.0 Å². The molecule has 2 N–H and O–H groups in total. The van der Waals surface area contributed by atoms with Crippen LogP contribution in [-0.4, -0.2) is 0 Å². The van der Waals surface area contributed by atoms with Gasteiger partial charge < -0.3 is 10.2 Å². The summed E-state index contributed by atoms with van der Waals surface area (Å²) in [4.78, 5) is 0. The lowest BCUT2D eigenvalue weighted by atomic mass is 10.0. The molecule has 0 amide bonds. The average Bonchev–Trinajstić information content (AvgIpc) is 2.87. The molecule has 0 bridgehead atoms. The number of furan rings is 1. The topological polar surface area (TPSA) is 39.2 Å². The van der Waals surface area contributed by atoms with Crippen LogP contribution < -0.4 is 5.73 Å². The zero-order chi connectivity index (χ0) is 11.1. The minimum Gasteiger partial charge on any atom is -0.459 e. The first-order valence-corrected chi connectivity index (χ1v) is 6.09. The Balaban J connectivity index is 2.28. The highest BCUT2D eigenvalue weighted by Crippen LogP contribution is 2.32. The van der Waals surface area contributed by atoms with Crippen molar-refractivity contribution < 1.29 is 4.42 Å². The molecule has 2 nitrogen and oxygen atoms in total.